The van der Waals surface area contributed by atoms with E-state index in [-0.39, 0.29) is 5.69 Å². The van der Waals surface area contributed by atoms with Gasteiger partial charge in [0, 0.05) is 4.47 Å². The van der Waals surface area contributed by atoms with Crippen LogP contribution in [-0.4, -0.2) is 40.1 Å². The minimum atomic E-state index is -0.432. The second-order valence-corrected chi connectivity index (χ2v) is 7.07. The van der Waals surface area contributed by atoms with Gasteiger partial charge >= 0.3 is 6.09 Å². The number of aromatic nitrogens is 3. The summed E-state index contributed by atoms with van der Waals surface area (Å²) >= 11 is 3.43. The van der Waals surface area contributed by atoms with Crippen molar-refractivity contribution in [3.05, 3.63) is 64.4 Å². The van der Waals surface area contributed by atoms with Crippen molar-refractivity contribution in [1.82, 2.24) is 15.0 Å². The molecular weight excluding hydrogens is 426 g/mol. The van der Waals surface area contributed by atoms with Gasteiger partial charge < -0.3 is 10.1 Å². The van der Waals surface area contributed by atoms with Crippen LogP contribution in [0.25, 0.3) is 5.69 Å². The number of carbonyl (C=O) groups is 2. The maximum Gasteiger partial charge on any atom is 0.414 e. The molecule has 0 radical (unpaired) electrons. The van der Waals surface area contributed by atoms with E-state index in [4.69, 9.17) is 4.74 Å². The average molecular weight is 442 g/mol. The normalized spacial score (nSPS) is 13.5. The molecule has 0 aliphatic carbocycles. The van der Waals surface area contributed by atoms with E-state index in [1.54, 1.807) is 35.9 Å². The van der Waals surface area contributed by atoms with Crippen LogP contribution >= 0.6 is 15.9 Å². The third kappa shape index (κ3) is 3.36. The molecule has 2 amide bonds. The van der Waals surface area contributed by atoms with Crippen molar-refractivity contribution in [2.45, 2.75) is 6.92 Å². The van der Waals surface area contributed by atoms with Crippen molar-refractivity contribution in [2.75, 3.05) is 23.4 Å². The van der Waals surface area contributed by atoms with E-state index >= 15 is 0 Å². The van der Waals surface area contributed by atoms with Crippen LogP contribution in [-0.2, 0) is 4.74 Å². The van der Waals surface area contributed by atoms with Crippen molar-refractivity contribution < 1.29 is 14.3 Å². The van der Waals surface area contributed by atoms with Crippen LogP contribution in [0, 0.1) is 6.92 Å². The highest BCUT2D eigenvalue weighted by Gasteiger charge is 2.26. The lowest BCUT2D eigenvalue weighted by Gasteiger charge is -2.17. The van der Waals surface area contributed by atoms with E-state index in [0.717, 1.165) is 10.2 Å². The number of cyclic esters (lactones) is 1. The van der Waals surface area contributed by atoms with E-state index in [1.807, 2.05) is 24.3 Å². The van der Waals surface area contributed by atoms with Crippen LogP contribution in [0.15, 0.2) is 53.0 Å². The summed E-state index contributed by atoms with van der Waals surface area (Å²) in [6.45, 7) is 2.53. The fraction of sp³-hybridized carbons (Fsp3) is 0.158. The van der Waals surface area contributed by atoms with Crippen molar-refractivity contribution >= 4 is 39.3 Å². The standard InChI is InChI=1S/C19H16BrN5O3/c1-12-17(22-23-25(12)14-6-4-5-13(20)11-14)18(26)21-15-7-2-3-8-16(15)24-9-10-28-19(24)27/h2-8,11H,9-10H2,1H3,(H,21,26). The fourth-order valence-electron chi connectivity index (χ4n) is 3.00. The maximum atomic E-state index is 12.8. The SMILES string of the molecule is Cc1c(C(=O)Nc2ccccc2N2CCOC2=O)nnn1-c1cccc(Br)c1. The Kier molecular flexibility index (Phi) is 4.82. The highest BCUT2D eigenvalue weighted by atomic mass is 79.9. The zero-order chi connectivity index (χ0) is 19.7. The number of amides is 2. The first-order valence-corrected chi connectivity index (χ1v) is 9.37. The maximum absolute atomic E-state index is 12.8. The van der Waals surface area contributed by atoms with Gasteiger partial charge in [-0.15, -0.1) is 5.10 Å². The van der Waals surface area contributed by atoms with Crippen molar-refractivity contribution in [3.63, 3.8) is 0 Å². The zero-order valence-electron chi connectivity index (χ0n) is 14.9. The number of para-hydroxylation sites is 2. The summed E-state index contributed by atoms with van der Waals surface area (Å²) in [7, 11) is 0. The molecule has 4 rings (SSSR count). The summed E-state index contributed by atoms with van der Waals surface area (Å²) in [5, 5.41) is 11.0. The Labute approximate surface area is 169 Å². The Hall–Kier alpha value is -3.20. The monoisotopic (exact) mass is 441 g/mol. The number of carbonyl (C=O) groups excluding carboxylic acids is 2. The van der Waals surface area contributed by atoms with Gasteiger partial charge in [0.25, 0.3) is 5.91 Å². The highest BCUT2D eigenvalue weighted by Crippen LogP contribution is 2.28. The van der Waals surface area contributed by atoms with Crippen molar-refractivity contribution in [3.8, 4) is 5.69 Å². The number of nitrogens with one attached hydrogen (secondary N) is 1. The molecular formula is C19H16BrN5O3. The minimum absolute atomic E-state index is 0.207. The minimum Gasteiger partial charge on any atom is -0.447 e. The van der Waals surface area contributed by atoms with Crippen LogP contribution in [0.4, 0.5) is 16.2 Å². The van der Waals surface area contributed by atoms with Crippen molar-refractivity contribution in [1.29, 1.82) is 0 Å². The van der Waals surface area contributed by atoms with Gasteiger partial charge in [-0.1, -0.05) is 39.3 Å². The summed E-state index contributed by atoms with van der Waals surface area (Å²) in [5.74, 6) is -0.404. The lowest BCUT2D eigenvalue weighted by Crippen LogP contribution is -2.25. The third-order valence-electron chi connectivity index (χ3n) is 4.37. The first-order chi connectivity index (χ1) is 13.5. The molecule has 1 saturated heterocycles. The van der Waals surface area contributed by atoms with Gasteiger partial charge in [0.15, 0.2) is 5.69 Å². The first-order valence-electron chi connectivity index (χ1n) is 8.57. The number of hydrogen-bond donors (Lipinski definition) is 1. The topological polar surface area (TPSA) is 89.3 Å². The largest absolute Gasteiger partial charge is 0.447 e. The second-order valence-electron chi connectivity index (χ2n) is 6.15. The van der Waals surface area contributed by atoms with Gasteiger partial charge in [0.2, 0.25) is 0 Å². The summed E-state index contributed by atoms with van der Waals surface area (Å²) in [4.78, 5) is 26.2. The average Bonchev–Trinajstić information content (AvgIpc) is 3.28. The van der Waals surface area contributed by atoms with Gasteiger partial charge in [0.05, 0.1) is 29.3 Å². The lowest BCUT2D eigenvalue weighted by atomic mass is 10.2. The molecule has 1 N–H and O–H groups in total. The Morgan fingerprint density at radius 2 is 2.04 bits per heavy atom. The molecule has 2 heterocycles. The molecule has 142 valence electrons. The molecule has 0 atom stereocenters. The molecule has 8 nitrogen and oxygen atoms in total. The molecule has 0 unspecified atom stereocenters. The van der Waals surface area contributed by atoms with Gasteiger partial charge in [-0.3, -0.25) is 9.69 Å². The van der Waals surface area contributed by atoms with E-state index < -0.39 is 12.0 Å². The predicted octanol–water partition coefficient (Wildman–Crippen LogP) is 3.55. The molecule has 9 heteroatoms. The summed E-state index contributed by atoms with van der Waals surface area (Å²) in [6.07, 6.45) is -0.432. The van der Waals surface area contributed by atoms with Gasteiger partial charge in [-0.2, -0.15) is 0 Å². The van der Waals surface area contributed by atoms with E-state index in [1.165, 1.54) is 4.90 Å². The van der Waals surface area contributed by atoms with Crippen LogP contribution < -0.4 is 10.2 Å². The zero-order valence-corrected chi connectivity index (χ0v) is 16.5. The third-order valence-corrected chi connectivity index (χ3v) is 4.86. The molecule has 28 heavy (non-hydrogen) atoms. The smallest absolute Gasteiger partial charge is 0.414 e. The van der Waals surface area contributed by atoms with E-state index in [9.17, 15) is 9.59 Å². The number of rotatable bonds is 4. The van der Waals surface area contributed by atoms with Gasteiger partial charge in [0.1, 0.15) is 6.61 Å². The van der Waals surface area contributed by atoms with Crippen LogP contribution in [0.2, 0.25) is 0 Å². The summed E-state index contributed by atoms with van der Waals surface area (Å²) in [5.41, 5.74) is 2.68. The fourth-order valence-corrected chi connectivity index (χ4v) is 3.39. The van der Waals surface area contributed by atoms with Crippen LogP contribution in [0.1, 0.15) is 16.2 Å². The molecule has 2 aromatic carbocycles. The predicted molar refractivity (Wildman–Crippen MR) is 107 cm³/mol. The van der Waals surface area contributed by atoms with Crippen LogP contribution in [0.3, 0.4) is 0 Å². The lowest BCUT2D eigenvalue weighted by molar-refractivity contribution is 0.102. The molecule has 0 spiro atoms. The van der Waals surface area contributed by atoms with Gasteiger partial charge in [-0.25, -0.2) is 9.48 Å². The molecule has 1 aromatic heterocycles. The molecule has 0 saturated carbocycles. The van der Waals surface area contributed by atoms with Gasteiger partial charge in [-0.05, 0) is 37.3 Å². The molecule has 1 fully saturated rings. The Morgan fingerprint density at radius 3 is 2.79 bits per heavy atom. The number of halogens is 1. The highest BCUT2D eigenvalue weighted by molar-refractivity contribution is 9.10. The second kappa shape index (κ2) is 7.43. The number of nitrogens with zero attached hydrogens (tertiary/aromatic N) is 4. The number of ether oxygens (including phenoxy) is 1. The Bertz CT molecular complexity index is 1070. The summed E-state index contributed by atoms with van der Waals surface area (Å²) in [6, 6.07) is 14.6. The Balaban J connectivity index is 1.61. The molecule has 0 bridgehead atoms. The summed E-state index contributed by atoms with van der Waals surface area (Å²) < 4.78 is 7.49. The number of anilines is 2. The Morgan fingerprint density at radius 1 is 1.21 bits per heavy atom. The van der Waals surface area contributed by atoms with E-state index in [0.29, 0.717) is 30.2 Å². The van der Waals surface area contributed by atoms with Crippen LogP contribution in [0.5, 0.6) is 0 Å². The number of benzene rings is 2. The quantitative estimate of drug-likeness (QED) is 0.668. The van der Waals surface area contributed by atoms with E-state index in [2.05, 4.69) is 31.6 Å². The number of hydrogen-bond acceptors (Lipinski definition) is 5. The molecule has 1 aliphatic heterocycles. The molecule has 1 aliphatic rings. The molecule has 3 aromatic rings. The van der Waals surface area contributed by atoms with Crippen molar-refractivity contribution in [2.24, 2.45) is 0 Å². The first kappa shape index (κ1) is 18.2.